The molecule has 1 aliphatic carbocycles. The number of aryl methyl sites for hydroxylation is 1. The van der Waals surface area contributed by atoms with Gasteiger partial charge in [-0.3, -0.25) is 14.9 Å². The first-order valence-corrected chi connectivity index (χ1v) is 7.03. The molecule has 6 nitrogen and oxygen atoms in total. The zero-order valence-corrected chi connectivity index (χ0v) is 11.6. The lowest BCUT2D eigenvalue weighted by Crippen LogP contribution is -2.50. The molecule has 1 aliphatic heterocycles. The monoisotopic (exact) mass is 306 g/mol. The van der Waals surface area contributed by atoms with Gasteiger partial charge >= 0.3 is 12.0 Å². The highest BCUT2D eigenvalue weighted by molar-refractivity contribution is 6.07. The van der Waals surface area contributed by atoms with Crippen LogP contribution in [0.25, 0.3) is 0 Å². The first-order valence-electron chi connectivity index (χ1n) is 7.03. The van der Waals surface area contributed by atoms with Crippen molar-refractivity contribution in [2.24, 2.45) is 11.8 Å². The molecule has 22 heavy (non-hydrogen) atoms. The van der Waals surface area contributed by atoms with Crippen LogP contribution in [0, 0.1) is 17.7 Å². The lowest BCUT2D eigenvalue weighted by molar-refractivity contribution is -0.139. The lowest BCUT2D eigenvalue weighted by atomic mass is 9.85. The number of hydrogen-bond donors (Lipinski definition) is 3. The summed E-state index contributed by atoms with van der Waals surface area (Å²) in [5.74, 6) is -2.89. The van der Waals surface area contributed by atoms with Gasteiger partial charge in [0.1, 0.15) is 11.4 Å². The van der Waals surface area contributed by atoms with E-state index in [2.05, 4.69) is 10.6 Å². The second kappa shape index (κ2) is 5.08. The zero-order chi connectivity index (χ0) is 15.9. The summed E-state index contributed by atoms with van der Waals surface area (Å²) >= 11 is 0. The molecular weight excluding hydrogens is 291 g/mol. The number of hydrogen-bond acceptors (Lipinski definition) is 3. The van der Waals surface area contributed by atoms with E-state index in [4.69, 9.17) is 5.11 Å². The van der Waals surface area contributed by atoms with Crippen LogP contribution in [-0.4, -0.2) is 28.6 Å². The highest BCUT2D eigenvalue weighted by Crippen LogP contribution is 2.49. The maximum atomic E-state index is 13.2. The molecule has 3 atom stereocenters. The van der Waals surface area contributed by atoms with Crippen LogP contribution < -0.4 is 10.6 Å². The van der Waals surface area contributed by atoms with Crippen molar-refractivity contribution in [3.8, 4) is 0 Å². The van der Waals surface area contributed by atoms with E-state index in [1.54, 1.807) is 12.1 Å². The molecule has 7 heteroatoms. The van der Waals surface area contributed by atoms with Gasteiger partial charge in [0.05, 0.1) is 5.92 Å². The van der Waals surface area contributed by atoms with Crippen molar-refractivity contribution in [2.45, 2.75) is 24.8 Å². The van der Waals surface area contributed by atoms with Crippen molar-refractivity contribution in [1.82, 2.24) is 10.6 Å². The minimum absolute atomic E-state index is 0.239. The molecule has 3 amide bonds. The molecule has 1 aromatic rings. The average Bonchev–Trinajstić information content (AvgIpc) is 3.19. The Bertz CT molecular complexity index is 663. The van der Waals surface area contributed by atoms with E-state index in [0.29, 0.717) is 18.4 Å². The van der Waals surface area contributed by atoms with Crippen LogP contribution in [0.4, 0.5) is 9.18 Å². The van der Waals surface area contributed by atoms with Crippen LogP contribution in [0.3, 0.4) is 0 Å². The summed E-state index contributed by atoms with van der Waals surface area (Å²) in [6, 6.07) is 5.38. The second-order valence-electron chi connectivity index (χ2n) is 5.80. The molecule has 3 rings (SSSR count). The summed E-state index contributed by atoms with van der Waals surface area (Å²) in [6.45, 7) is 0. The number of urea groups is 1. The standard InChI is InChI=1S/C15H15FN2O4/c16-9-3-1-2-8(6-9)4-5-15(11-7-10(11)12(19)20)13(21)17-14(22)18-15/h1-3,6,10-11H,4-5,7H2,(H,19,20)(H2,17,18,21,22)/t10-,11-,15?/m0/s1. The lowest BCUT2D eigenvalue weighted by Gasteiger charge is -2.26. The van der Waals surface area contributed by atoms with Crippen molar-refractivity contribution in [2.75, 3.05) is 0 Å². The predicted molar refractivity (Wildman–Crippen MR) is 73.4 cm³/mol. The normalized spacial score (nSPS) is 29.9. The van der Waals surface area contributed by atoms with Crippen LogP contribution >= 0.6 is 0 Å². The zero-order valence-electron chi connectivity index (χ0n) is 11.6. The van der Waals surface area contributed by atoms with Gasteiger partial charge in [-0.1, -0.05) is 12.1 Å². The fraction of sp³-hybridized carbons (Fsp3) is 0.400. The molecule has 1 aromatic carbocycles. The molecule has 1 heterocycles. The van der Waals surface area contributed by atoms with Gasteiger partial charge in [0, 0.05) is 5.92 Å². The number of benzene rings is 1. The average molecular weight is 306 g/mol. The smallest absolute Gasteiger partial charge is 0.322 e. The number of carbonyl (C=O) groups is 3. The van der Waals surface area contributed by atoms with Crippen molar-refractivity contribution >= 4 is 17.9 Å². The van der Waals surface area contributed by atoms with Crippen LogP contribution in [-0.2, 0) is 16.0 Å². The number of rotatable bonds is 5. The number of carboxylic acids is 1. The Morgan fingerprint density at radius 2 is 2.18 bits per heavy atom. The molecule has 116 valence electrons. The fourth-order valence-corrected chi connectivity index (χ4v) is 3.17. The van der Waals surface area contributed by atoms with E-state index in [9.17, 15) is 18.8 Å². The van der Waals surface area contributed by atoms with Gasteiger partial charge in [0.25, 0.3) is 5.91 Å². The highest BCUT2D eigenvalue weighted by atomic mass is 19.1. The SMILES string of the molecule is O=C1NC(=O)C(CCc2cccc(F)c2)([C@H]2C[C@@H]2C(=O)O)N1. The van der Waals surface area contributed by atoms with Gasteiger partial charge in [-0.15, -0.1) is 0 Å². The minimum atomic E-state index is -1.22. The van der Waals surface area contributed by atoms with E-state index in [0.717, 1.165) is 0 Å². The third-order valence-electron chi connectivity index (χ3n) is 4.41. The number of imide groups is 1. The van der Waals surface area contributed by atoms with Crippen molar-refractivity contribution < 1.29 is 23.9 Å². The molecule has 0 bridgehead atoms. The summed E-state index contributed by atoms with van der Waals surface area (Å²) in [6.07, 6.45) is 0.961. The molecule has 1 saturated carbocycles. The van der Waals surface area contributed by atoms with Gasteiger partial charge < -0.3 is 10.4 Å². The van der Waals surface area contributed by atoms with Crippen molar-refractivity contribution in [1.29, 1.82) is 0 Å². The Hall–Kier alpha value is -2.44. The van der Waals surface area contributed by atoms with Crippen LogP contribution in [0.5, 0.6) is 0 Å². The number of carboxylic acid groups (broad SMARTS) is 1. The molecule has 3 N–H and O–H groups in total. The molecule has 2 aliphatic rings. The van der Waals surface area contributed by atoms with Crippen molar-refractivity contribution in [3.05, 3.63) is 35.6 Å². The highest BCUT2D eigenvalue weighted by Gasteiger charge is 2.62. The molecule has 0 radical (unpaired) electrons. The van der Waals surface area contributed by atoms with Crippen LogP contribution in [0.2, 0.25) is 0 Å². The summed E-state index contributed by atoms with van der Waals surface area (Å²) in [7, 11) is 0. The molecule has 1 saturated heterocycles. The van der Waals surface area contributed by atoms with E-state index in [1.165, 1.54) is 12.1 Å². The number of halogens is 1. The fourth-order valence-electron chi connectivity index (χ4n) is 3.17. The Kier molecular flexibility index (Phi) is 3.35. The third-order valence-corrected chi connectivity index (χ3v) is 4.41. The van der Waals surface area contributed by atoms with Gasteiger partial charge in [-0.25, -0.2) is 9.18 Å². The maximum Gasteiger partial charge on any atom is 0.322 e. The number of aliphatic carboxylic acids is 1. The quantitative estimate of drug-likeness (QED) is 0.709. The number of carbonyl (C=O) groups excluding carboxylic acids is 2. The number of amides is 3. The Labute approximate surface area is 125 Å². The number of nitrogens with one attached hydrogen (secondary N) is 2. The largest absolute Gasteiger partial charge is 0.481 e. The Balaban J connectivity index is 1.80. The van der Waals surface area contributed by atoms with Gasteiger partial charge in [0.2, 0.25) is 0 Å². The van der Waals surface area contributed by atoms with Gasteiger partial charge in [-0.2, -0.15) is 0 Å². The molecule has 0 spiro atoms. The van der Waals surface area contributed by atoms with E-state index in [1.807, 2.05) is 0 Å². The Morgan fingerprint density at radius 3 is 2.73 bits per heavy atom. The van der Waals surface area contributed by atoms with Crippen LogP contribution in [0.1, 0.15) is 18.4 Å². The van der Waals surface area contributed by atoms with Gasteiger partial charge in [-0.05, 0) is 37.0 Å². The minimum Gasteiger partial charge on any atom is -0.481 e. The second-order valence-corrected chi connectivity index (χ2v) is 5.80. The summed E-state index contributed by atoms with van der Waals surface area (Å²) in [5.41, 5.74) is -0.521. The summed E-state index contributed by atoms with van der Waals surface area (Å²) < 4.78 is 13.2. The topological polar surface area (TPSA) is 95.5 Å². The summed E-state index contributed by atoms with van der Waals surface area (Å²) in [5, 5.41) is 13.9. The molecule has 1 unspecified atom stereocenters. The maximum absolute atomic E-state index is 13.2. The van der Waals surface area contributed by atoms with E-state index >= 15 is 0 Å². The third kappa shape index (κ3) is 2.43. The molecule has 0 aromatic heterocycles. The van der Waals surface area contributed by atoms with Gasteiger partial charge in [0.15, 0.2) is 0 Å². The molecule has 2 fully saturated rings. The summed E-state index contributed by atoms with van der Waals surface area (Å²) in [4.78, 5) is 34.8. The Morgan fingerprint density at radius 1 is 1.41 bits per heavy atom. The first-order chi connectivity index (χ1) is 10.4. The van der Waals surface area contributed by atoms with Crippen LogP contribution in [0.15, 0.2) is 24.3 Å². The molecular formula is C15H15FN2O4. The first kappa shape index (κ1) is 14.5. The van der Waals surface area contributed by atoms with E-state index in [-0.39, 0.29) is 12.2 Å². The van der Waals surface area contributed by atoms with Crippen molar-refractivity contribution in [3.63, 3.8) is 0 Å². The van der Waals surface area contributed by atoms with E-state index < -0.39 is 35.3 Å². The predicted octanol–water partition coefficient (Wildman–Crippen LogP) is 1.06.